The van der Waals surface area contributed by atoms with E-state index in [4.69, 9.17) is 0 Å². The first-order valence-corrected chi connectivity index (χ1v) is 12.7. The molecule has 7 rings (SSSR count). The van der Waals surface area contributed by atoms with Gasteiger partial charge in [-0.1, -0.05) is 126 Å². The van der Waals surface area contributed by atoms with Crippen LogP contribution in [0.4, 0.5) is 0 Å². The van der Waals surface area contributed by atoms with E-state index >= 15 is 0 Å². The Labute approximate surface area is 206 Å². The first-order valence-electron chi connectivity index (χ1n) is 11.9. The first-order chi connectivity index (χ1) is 16.8. The van der Waals surface area contributed by atoms with Gasteiger partial charge in [-0.2, -0.15) is 0 Å². The summed E-state index contributed by atoms with van der Waals surface area (Å²) in [7, 11) is 2.25. The highest BCUT2D eigenvalue weighted by atomic mass is 32.2. The lowest BCUT2D eigenvalue weighted by Gasteiger charge is -2.46. The molecule has 0 radical (unpaired) electrons. The van der Waals surface area contributed by atoms with E-state index in [0.29, 0.717) is 0 Å². The predicted octanol–water partition coefficient (Wildman–Crippen LogP) is 6.36. The number of fused-ring (bicyclic) bond motifs is 8. The average Bonchev–Trinajstić information content (AvgIpc) is 2.89. The SMILES string of the molecule is Bc1cccc2c1Sc1ccccc1C21c2ccccc2Cc2cc(-c3ccccc3)ccc21. The van der Waals surface area contributed by atoms with Crippen LogP contribution in [0.5, 0.6) is 0 Å². The third kappa shape index (κ3) is 2.69. The molecule has 5 aromatic rings. The van der Waals surface area contributed by atoms with Crippen molar-refractivity contribution in [3.05, 3.63) is 149 Å². The fourth-order valence-electron chi connectivity index (χ4n) is 6.09. The molecule has 0 nitrogen and oxygen atoms in total. The smallest absolute Gasteiger partial charge is 0.0900 e. The first kappa shape index (κ1) is 19.9. The average molecular weight is 450 g/mol. The van der Waals surface area contributed by atoms with Gasteiger partial charge < -0.3 is 0 Å². The van der Waals surface area contributed by atoms with Crippen LogP contribution in [0, 0.1) is 0 Å². The summed E-state index contributed by atoms with van der Waals surface area (Å²) in [5.41, 5.74) is 12.1. The highest BCUT2D eigenvalue weighted by molar-refractivity contribution is 7.99. The maximum atomic E-state index is 2.43. The second-order valence-corrected chi connectivity index (χ2v) is 10.4. The lowest BCUT2D eigenvalue weighted by atomic mass is 9.59. The van der Waals surface area contributed by atoms with Crippen molar-refractivity contribution in [3.8, 4) is 11.1 Å². The van der Waals surface area contributed by atoms with Crippen LogP contribution < -0.4 is 5.46 Å². The van der Waals surface area contributed by atoms with E-state index in [1.807, 2.05) is 11.8 Å². The zero-order valence-electron chi connectivity index (χ0n) is 19.1. The van der Waals surface area contributed by atoms with Crippen LogP contribution in [0.3, 0.4) is 0 Å². The van der Waals surface area contributed by atoms with Crippen LogP contribution in [0.25, 0.3) is 11.1 Å². The Morgan fingerprint density at radius 1 is 0.559 bits per heavy atom. The molecule has 1 atom stereocenters. The molecule has 1 unspecified atom stereocenters. The number of rotatable bonds is 1. The Balaban J connectivity index is 1.61. The lowest BCUT2D eigenvalue weighted by Crippen LogP contribution is -2.39. The molecule has 2 heteroatoms. The third-order valence-corrected chi connectivity index (χ3v) is 8.86. The van der Waals surface area contributed by atoms with E-state index < -0.39 is 0 Å². The van der Waals surface area contributed by atoms with Gasteiger partial charge in [0.1, 0.15) is 7.85 Å². The monoisotopic (exact) mass is 450 g/mol. The standard InChI is InChI=1S/C32H23BS/c33-29-15-8-14-28-31(29)34-30-16-7-6-13-27(30)32(28)25-12-5-4-11-23(25)20-24-19-22(17-18-26(24)32)21-9-2-1-3-10-21/h1-19H,20,33H2. The van der Waals surface area contributed by atoms with Crippen LogP contribution in [-0.4, -0.2) is 7.85 Å². The Kier molecular flexibility index (Phi) is 4.41. The lowest BCUT2D eigenvalue weighted by molar-refractivity contribution is 0.670. The van der Waals surface area contributed by atoms with Gasteiger partial charge in [-0.25, -0.2) is 0 Å². The van der Waals surface area contributed by atoms with E-state index in [-0.39, 0.29) is 5.41 Å². The molecule has 2 aliphatic rings. The van der Waals surface area contributed by atoms with Crippen molar-refractivity contribution in [1.29, 1.82) is 0 Å². The van der Waals surface area contributed by atoms with Crippen molar-refractivity contribution in [2.24, 2.45) is 0 Å². The van der Waals surface area contributed by atoms with Gasteiger partial charge in [0.25, 0.3) is 0 Å². The summed E-state index contributed by atoms with van der Waals surface area (Å²) >= 11 is 1.93. The maximum Gasteiger partial charge on any atom is 0.140 e. The van der Waals surface area contributed by atoms with Gasteiger partial charge in [-0.3, -0.25) is 0 Å². The molecule has 0 amide bonds. The summed E-state index contributed by atoms with van der Waals surface area (Å²) in [6, 6.07) is 42.9. The molecule has 1 aliphatic carbocycles. The fraction of sp³-hybridized carbons (Fsp3) is 0.0625. The van der Waals surface area contributed by atoms with E-state index in [1.165, 1.54) is 59.8 Å². The van der Waals surface area contributed by atoms with Gasteiger partial charge in [-0.05, 0) is 57.0 Å². The summed E-state index contributed by atoms with van der Waals surface area (Å²) < 4.78 is 0. The summed E-state index contributed by atoms with van der Waals surface area (Å²) in [5, 5.41) is 0. The molecule has 5 aromatic carbocycles. The van der Waals surface area contributed by atoms with Crippen LogP contribution in [0.15, 0.2) is 125 Å². The molecule has 0 aromatic heterocycles. The van der Waals surface area contributed by atoms with Gasteiger partial charge in [-0.15, -0.1) is 0 Å². The Bertz CT molecular complexity index is 1560. The molecular formula is C32H23BS. The van der Waals surface area contributed by atoms with Gasteiger partial charge in [0.15, 0.2) is 0 Å². The molecule has 0 saturated carbocycles. The van der Waals surface area contributed by atoms with Gasteiger partial charge >= 0.3 is 0 Å². The van der Waals surface area contributed by atoms with Gasteiger partial charge in [0, 0.05) is 9.79 Å². The Morgan fingerprint density at radius 3 is 2.15 bits per heavy atom. The quantitative estimate of drug-likeness (QED) is 0.262. The van der Waals surface area contributed by atoms with E-state index in [0.717, 1.165) is 6.42 Å². The normalized spacial score (nSPS) is 17.4. The van der Waals surface area contributed by atoms with Crippen molar-refractivity contribution in [2.75, 3.05) is 0 Å². The summed E-state index contributed by atoms with van der Waals surface area (Å²) in [6.45, 7) is 0. The van der Waals surface area contributed by atoms with Crippen molar-refractivity contribution < 1.29 is 0 Å². The molecule has 1 spiro atoms. The minimum absolute atomic E-state index is 0.303. The van der Waals surface area contributed by atoms with Crippen molar-refractivity contribution in [1.82, 2.24) is 0 Å². The van der Waals surface area contributed by atoms with Crippen molar-refractivity contribution in [2.45, 2.75) is 21.6 Å². The molecule has 0 saturated heterocycles. The Hall–Kier alpha value is -3.49. The second kappa shape index (κ2) is 7.51. The zero-order chi connectivity index (χ0) is 22.7. The minimum Gasteiger partial charge on any atom is -0.0900 e. The summed E-state index contributed by atoms with van der Waals surface area (Å²) in [4.78, 5) is 2.76. The highest BCUT2D eigenvalue weighted by Gasteiger charge is 2.48. The number of hydrogen-bond donors (Lipinski definition) is 0. The fourth-order valence-corrected chi connectivity index (χ4v) is 7.35. The highest BCUT2D eigenvalue weighted by Crippen LogP contribution is 2.58. The molecular weight excluding hydrogens is 427 g/mol. The maximum absolute atomic E-state index is 2.43. The van der Waals surface area contributed by atoms with Crippen LogP contribution in [-0.2, 0) is 11.8 Å². The Morgan fingerprint density at radius 2 is 1.26 bits per heavy atom. The van der Waals surface area contributed by atoms with E-state index in [1.54, 1.807) is 0 Å². The molecule has 1 heterocycles. The molecule has 0 fully saturated rings. The number of benzene rings is 5. The van der Waals surface area contributed by atoms with Gasteiger partial charge in [0.05, 0.1) is 5.41 Å². The molecule has 160 valence electrons. The van der Waals surface area contributed by atoms with Gasteiger partial charge in [0.2, 0.25) is 0 Å². The molecule has 0 N–H and O–H groups in total. The minimum atomic E-state index is -0.303. The topological polar surface area (TPSA) is 0 Å². The van der Waals surface area contributed by atoms with Crippen molar-refractivity contribution in [3.63, 3.8) is 0 Å². The molecule has 1 aliphatic heterocycles. The third-order valence-electron chi connectivity index (χ3n) is 7.54. The number of hydrogen-bond acceptors (Lipinski definition) is 1. The van der Waals surface area contributed by atoms with Crippen LogP contribution >= 0.6 is 11.8 Å². The zero-order valence-corrected chi connectivity index (χ0v) is 19.9. The largest absolute Gasteiger partial charge is 0.140 e. The summed E-state index contributed by atoms with van der Waals surface area (Å²) in [6.07, 6.45) is 0.963. The van der Waals surface area contributed by atoms with E-state index in [9.17, 15) is 0 Å². The van der Waals surface area contributed by atoms with E-state index in [2.05, 4.69) is 123 Å². The van der Waals surface area contributed by atoms with Crippen LogP contribution in [0.2, 0.25) is 0 Å². The van der Waals surface area contributed by atoms with Crippen molar-refractivity contribution >= 4 is 25.1 Å². The van der Waals surface area contributed by atoms with Crippen LogP contribution in [0.1, 0.15) is 33.4 Å². The summed E-state index contributed by atoms with van der Waals surface area (Å²) in [5.74, 6) is 0. The second-order valence-electron chi connectivity index (χ2n) is 9.37. The molecule has 34 heavy (non-hydrogen) atoms. The predicted molar refractivity (Wildman–Crippen MR) is 145 cm³/mol. The molecule has 0 bridgehead atoms.